The Morgan fingerprint density at radius 1 is 1.25 bits per heavy atom. The van der Waals surface area contributed by atoms with Gasteiger partial charge in [0.15, 0.2) is 0 Å². The summed E-state index contributed by atoms with van der Waals surface area (Å²) in [5.74, 6) is 0.273. The smallest absolute Gasteiger partial charge is 0.315 e. The number of ether oxygens (including phenoxy) is 1. The molecule has 0 bridgehead atoms. The SMILES string of the molecule is CCc1ccc(C(NC(=O)NCC2(O)CCOCC2)C(C)C)cc1. The van der Waals surface area contributed by atoms with Crippen LogP contribution in [0.3, 0.4) is 0 Å². The van der Waals surface area contributed by atoms with Gasteiger partial charge in [-0.25, -0.2) is 4.79 Å². The monoisotopic (exact) mass is 334 g/mol. The number of aliphatic hydroxyl groups is 1. The Labute approximate surface area is 144 Å². The van der Waals surface area contributed by atoms with Gasteiger partial charge in [-0.2, -0.15) is 0 Å². The van der Waals surface area contributed by atoms with E-state index < -0.39 is 5.60 Å². The average Bonchev–Trinajstić information content (AvgIpc) is 2.58. The minimum atomic E-state index is -0.855. The van der Waals surface area contributed by atoms with Gasteiger partial charge >= 0.3 is 6.03 Å². The van der Waals surface area contributed by atoms with Gasteiger partial charge in [0.1, 0.15) is 0 Å². The van der Waals surface area contributed by atoms with Crippen molar-refractivity contribution in [3.8, 4) is 0 Å². The maximum absolute atomic E-state index is 12.3. The van der Waals surface area contributed by atoms with Crippen LogP contribution in [0.15, 0.2) is 24.3 Å². The molecule has 134 valence electrons. The zero-order chi connectivity index (χ0) is 17.6. The van der Waals surface area contributed by atoms with Crippen molar-refractivity contribution >= 4 is 6.03 Å². The first kappa shape index (κ1) is 18.7. The Morgan fingerprint density at radius 3 is 2.42 bits per heavy atom. The normalized spacial score (nSPS) is 18.2. The van der Waals surface area contributed by atoms with Gasteiger partial charge in [-0.05, 0) is 23.5 Å². The first-order chi connectivity index (χ1) is 11.4. The Hall–Kier alpha value is -1.59. The topological polar surface area (TPSA) is 70.6 Å². The molecule has 1 heterocycles. The zero-order valence-corrected chi connectivity index (χ0v) is 15.0. The molecule has 5 nitrogen and oxygen atoms in total. The van der Waals surface area contributed by atoms with Gasteiger partial charge in [0.05, 0.1) is 11.6 Å². The predicted molar refractivity (Wildman–Crippen MR) is 94.9 cm³/mol. The van der Waals surface area contributed by atoms with Crippen molar-refractivity contribution in [2.75, 3.05) is 19.8 Å². The quantitative estimate of drug-likeness (QED) is 0.749. The van der Waals surface area contributed by atoms with Gasteiger partial charge < -0.3 is 20.5 Å². The van der Waals surface area contributed by atoms with Gasteiger partial charge in [-0.1, -0.05) is 45.0 Å². The minimum absolute atomic E-state index is 0.0553. The van der Waals surface area contributed by atoms with Crippen molar-refractivity contribution in [1.82, 2.24) is 10.6 Å². The molecule has 1 aliphatic rings. The summed E-state index contributed by atoms with van der Waals surface area (Å²) in [6.07, 6.45) is 2.11. The van der Waals surface area contributed by atoms with Crippen LogP contribution < -0.4 is 10.6 Å². The number of urea groups is 1. The Kier molecular flexibility index (Phi) is 6.63. The fraction of sp³-hybridized carbons (Fsp3) is 0.632. The lowest BCUT2D eigenvalue weighted by Gasteiger charge is -2.32. The average molecular weight is 334 g/mol. The third kappa shape index (κ3) is 5.21. The molecule has 1 atom stereocenters. The maximum atomic E-state index is 12.3. The van der Waals surface area contributed by atoms with E-state index in [9.17, 15) is 9.90 Å². The lowest BCUT2D eigenvalue weighted by Crippen LogP contribution is -2.49. The van der Waals surface area contributed by atoms with E-state index in [0.29, 0.717) is 26.1 Å². The number of carbonyl (C=O) groups is 1. The molecule has 0 spiro atoms. The summed E-state index contributed by atoms with van der Waals surface area (Å²) in [5.41, 5.74) is 1.53. The fourth-order valence-electron chi connectivity index (χ4n) is 2.96. The summed E-state index contributed by atoms with van der Waals surface area (Å²) in [6.45, 7) is 7.63. The van der Waals surface area contributed by atoms with E-state index in [0.717, 1.165) is 12.0 Å². The lowest BCUT2D eigenvalue weighted by molar-refractivity contribution is -0.0600. The van der Waals surface area contributed by atoms with Gasteiger partial charge in [0.2, 0.25) is 0 Å². The van der Waals surface area contributed by atoms with E-state index in [1.54, 1.807) is 0 Å². The molecule has 0 radical (unpaired) electrons. The molecule has 2 amide bonds. The fourth-order valence-corrected chi connectivity index (χ4v) is 2.96. The van der Waals surface area contributed by atoms with Gasteiger partial charge in [-0.3, -0.25) is 0 Å². The number of hydrogen-bond donors (Lipinski definition) is 3. The van der Waals surface area contributed by atoms with Crippen LogP contribution in [-0.2, 0) is 11.2 Å². The van der Waals surface area contributed by atoms with Crippen molar-refractivity contribution in [1.29, 1.82) is 0 Å². The predicted octanol–water partition coefficient (Wildman–Crippen LogP) is 2.79. The molecule has 1 aromatic rings. The van der Waals surface area contributed by atoms with Crippen LogP contribution in [0, 0.1) is 5.92 Å². The number of benzene rings is 1. The van der Waals surface area contributed by atoms with Crippen molar-refractivity contribution in [2.24, 2.45) is 5.92 Å². The number of amides is 2. The van der Waals surface area contributed by atoms with Crippen LogP contribution in [0.5, 0.6) is 0 Å². The van der Waals surface area contributed by atoms with Crippen molar-refractivity contribution in [3.05, 3.63) is 35.4 Å². The molecule has 0 aliphatic carbocycles. The highest BCUT2D eigenvalue weighted by Gasteiger charge is 2.30. The van der Waals surface area contributed by atoms with Crippen LogP contribution in [0.2, 0.25) is 0 Å². The molecule has 0 aromatic heterocycles. The molecule has 5 heteroatoms. The molecule has 24 heavy (non-hydrogen) atoms. The molecule has 2 rings (SSSR count). The summed E-state index contributed by atoms with van der Waals surface area (Å²) >= 11 is 0. The summed E-state index contributed by atoms with van der Waals surface area (Å²) in [6, 6.07) is 8.07. The van der Waals surface area contributed by atoms with Crippen LogP contribution in [-0.4, -0.2) is 36.5 Å². The second-order valence-electron chi connectivity index (χ2n) is 6.98. The number of hydrogen-bond acceptors (Lipinski definition) is 3. The molecule has 3 N–H and O–H groups in total. The largest absolute Gasteiger partial charge is 0.388 e. The van der Waals surface area contributed by atoms with Crippen LogP contribution in [0.1, 0.15) is 50.8 Å². The Bertz CT molecular complexity index is 522. The molecular formula is C19H30N2O3. The maximum Gasteiger partial charge on any atom is 0.315 e. The van der Waals surface area contributed by atoms with E-state index in [1.807, 2.05) is 0 Å². The highest BCUT2D eigenvalue weighted by atomic mass is 16.5. The first-order valence-electron chi connectivity index (χ1n) is 8.87. The third-order valence-electron chi connectivity index (χ3n) is 4.70. The summed E-state index contributed by atoms with van der Waals surface area (Å²) in [7, 11) is 0. The molecule has 1 fully saturated rings. The van der Waals surface area contributed by atoms with E-state index in [-0.39, 0.29) is 24.5 Å². The van der Waals surface area contributed by atoms with E-state index >= 15 is 0 Å². The highest BCUT2D eigenvalue weighted by molar-refractivity contribution is 5.74. The van der Waals surface area contributed by atoms with Gasteiger partial charge in [0, 0.05) is 32.6 Å². The lowest BCUT2D eigenvalue weighted by atomic mass is 9.94. The molecular weight excluding hydrogens is 304 g/mol. The number of aryl methyl sites for hydroxylation is 1. The van der Waals surface area contributed by atoms with E-state index in [4.69, 9.17) is 4.74 Å². The minimum Gasteiger partial charge on any atom is -0.388 e. The number of nitrogens with one attached hydrogen (secondary N) is 2. The van der Waals surface area contributed by atoms with Crippen LogP contribution >= 0.6 is 0 Å². The first-order valence-corrected chi connectivity index (χ1v) is 8.87. The van der Waals surface area contributed by atoms with Crippen molar-refractivity contribution in [3.63, 3.8) is 0 Å². The standard InChI is InChI=1S/C19H30N2O3/c1-4-15-5-7-16(8-6-15)17(14(2)3)21-18(22)20-13-19(23)9-11-24-12-10-19/h5-8,14,17,23H,4,9-13H2,1-3H3,(H2,20,21,22). The number of rotatable bonds is 6. The number of carbonyl (C=O) groups excluding carboxylic acids is 1. The van der Waals surface area contributed by atoms with Crippen LogP contribution in [0.4, 0.5) is 4.79 Å². The van der Waals surface area contributed by atoms with Crippen LogP contribution in [0.25, 0.3) is 0 Å². The van der Waals surface area contributed by atoms with E-state index in [2.05, 4.69) is 55.7 Å². The summed E-state index contributed by atoms with van der Waals surface area (Å²) in [5, 5.41) is 16.3. The zero-order valence-electron chi connectivity index (χ0n) is 15.0. The molecule has 1 aromatic carbocycles. The molecule has 0 saturated carbocycles. The molecule has 1 unspecified atom stereocenters. The van der Waals surface area contributed by atoms with Crippen molar-refractivity contribution in [2.45, 2.75) is 51.7 Å². The Balaban J connectivity index is 1.92. The summed E-state index contributed by atoms with van der Waals surface area (Å²) in [4.78, 5) is 12.3. The highest BCUT2D eigenvalue weighted by Crippen LogP contribution is 2.23. The van der Waals surface area contributed by atoms with Gasteiger partial charge in [0.25, 0.3) is 0 Å². The van der Waals surface area contributed by atoms with Gasteiger partial charge in [-0.15, -0.1) is 0 Å². The second kappa shape index (κ2) is 8.49. The molecule has 1 saturated heterocycles. The third-order valence-corrected chi connectivity index (χ3v) is 4.70. The summed E-state index contributed by atoms with van der Waals surface area (Å²) < 4.78 is 5.26. The Morgan fingerprint density at radius 2 is 1.88 bits per heavy atom. The molecule has 1 aliphatic heterocycles. The van der Waals surface area contributed by atoms with E-state index in [1.165, 1.54) is 5.56 Å². The second-order valence-corrected chi connectivity index (χ2v) is 6.98. The van der Waals surface area contributed by atoms with Crippen molar-refractivity contribution < 1.29 is 14.6 Å².